The van der Waals surface area contributed by atoms with Crippen LogP contribution in [0.3, 0.4) is 0 Å². The fourth-order valence-electron chi connectivity index (χ4n) is 2.79. The Labute approximate surface area is 124 Å². The summed E-state index contributed by atoms with van der Waals surface area (Å²) < 4.78 is 0. The van der Waals surface area contributed by atoms with Crippen LogP contribution in [0.25, 0.3) is 10.2 Å². The molecule has 1 aliphatic rings. The SMILES string of the molecule is CCCNc1nc(C(C)CC)nc2sc3c(c12)CCC3. The van der Waals surface area contributed by atoms with E-state index in [0.717, 1.165) is 31.0 Å². The highest BCUT2D eigenvalue weighted by molar-refractivity contribution is 7.19. The van der Waals surface area contributed by atoms with Crippen molar-refractivity contribution >= 4 is 27.4 Å². The van der Waals surface area contributed by atoms with Crippen LogP contribution in [0.15, 0.2) is 0 Å². The molecule has 20 heavy (non-hydrogen) atoms. The first-order chi connectivity index (χ1) is 9.74. The van der Waals surface area contributed by atoms with Gasteiger partial charge >= 0.3 is 0 Å². The molecule has 1 N–H and O–H groups in total. The van der Waals surface area contributed by atoms with Gasteiger partial charge in [-0.2, -0.15) is 0 Å². The molecule has 0 amide bonds. The molecule has 0 fully saturated rings. The van der Waals surface area contributed by atoms with Crippen molar-refractivity contribution in [2.75, 3.05) is 11.9 Å². The second-order valence-electron chi connectivity index (χ2n) is 5.70. The van der Waals surface area contributed by atoms with Crippen LogP contribution in [0.4, 0.5) is 5.82 Å². The fraction of sp³-hybridized carbons (Fsp3) is 0.625. The summed E-state index contributed by atoms with van der Waals surface area (Å²) in [4.78, 5) is 12.4. The Bertz CT molecular complexity index is 618. The maximum absolute atomic E-state index is 4.85. The Morgan fingerprint density at radius 1 is 1.25 bits per heavy atom. The van der Waals surface area contributed by atoms with Crippen molar-refractivity contribution in [1.29, 1.82) is 0 Å². The van der Waals surface area contributed by atoms with Gasteiger partial charge in [0, 0.05) is 17.3 Å². The molecule has 0 saturated carbocycles. The van der Waals surface area contributed by atoms with Crippen molar-refractivity contribution < 1.29 is 0 Å². The number of aromatic nitrogens is 2. The Morgan fingerprint density at radius 3 is 2.85 bits per heavy atom. The van der Waals surface area contributed by atoms with Gasteiger partial charge in [-0.15, -0.1) is 11.3 Å². The van der Waals surface area contributed by atoms with Crippen LogP contribution in [-0.2, 0) is 12.8 Å². The third-order valence-electron chi connectivity index (χ3n) is 4.18. The van der Waals surface area contributed by atoms with E-state index in [1.807, 2.05) is 11.3 Å². The lowest BCUT2D eigenvalue weighted by molar-refractivity contribution is 0.684. The molecular weight excluding hydrogens is 266 g/mol. The molecule has 3 nitrogen and oxygen atoms in total. The summed E-state index contributed by atoms with van der Waals surface area (Å²) in [7, 11) is 0. The maximum Gasteiger partial charge on any atom is 0.138 e. The molecule has 0 aliphatic heterocycles. The van der Waals surface area contributed by atoms with Gasteiger partial charge in [-0.3, -0.25) is 0 Å². The third kappa shape index (κ3) is 2.30. The van der Waals surface area contributed by atoms with E-state index in [0.29, 0.717) is 5.92 Å². The molecular formula is C16H23N3S. The first-order valence-electron chi connectivity index (χ1n) is 7.80. The first-order valence-corrected chi connectivity index (χ1v) is 8.62. The van der Waals surface area contributed by atoms with Crippen LogP contribution in [0.2, 0.25) is 0 Å². The molecule has 4 heteroatoms. The van der Waals surface area contributed by atoms with E-state index in [4.69, 9.17) is 9.97 Å². The van der Waals surface area contributed by atoms with Crippen LogP contribution in [0, 0.1) is 0 Å². The lowest BCUT2D eigenvalue weighted by Crippen LogP contribution is -2.07. The quantitative estimate of drug-likeness (QED) is 0.879. The topological polar surface area (TPSA) is 37.8 Å². The van der Waals surface area contributed by atoms with E-state index in [1.54, 1.807) is 0 Å². The summed E-state index contributed by atoms with van der Waals surface area (Å²) in [6.07, 6.45) is 5.92. The van der Waals surface area contributed by atoms with Crippen molar-refractivity contribution in [3.63, 3.8) is 0 Å². The number of thiophene rings is 1. The zero-order valence-corrected chi connectivity index (χ0v) is 13.4. The zero-order valence-electron chi connectivity index (χ0n) is 12.6. The van der Waals surface area contributed by atoms with Crippen LogP contribution in [-0.4, -0.2) is 16.5 Å². The molecule has 0 spiro atoms. The molecule has 1 aliphatic carbocycles. The van der Waals surface area contributed by atoms with E-state index < -0.39 is 0 Å². The minimum Gasteiger partial charge on any atom is -0.369 e. The van der Waals surface area contributed by atoms with Crippen LogP contribution >= 0.6 is 11.3 Å². The van der Waals surface area contributed by atoms with Gasteiger partial charge in [-0.05, 0) is 37.7 Å². The molecule has 1 unspecified atom stereocenters. The summed E-state index contributed by atoms with van der Waals surface area (Å²) in [5.74, 6) is 2.50. The van der Waals surface area contributed by atoms with Crippen molar-refractivity contribution in [1.82, 2.24) is 9.97 Å². The van der Waals surface area contributed by atoms with Gasteiger partial charge in [-0.25, -0.2) is 9.97 Å². The summed E-state index contributed by atoms with van der Waals surface area (Å²) >= 11 is 1.88. The average molecular weight is 289 g/mol. The lowest BCUT2D eigenvalue weighted by Gasteiger charge is -2.12. The highest BCUT2D eigenvalue weighted by atomic mass is 32.1. The van der Waals surface area contributed by atoms with Crippen molar-refractivity contribution in [2.24, 2.45) is 0 Å². The standard InChI is InChI=1S/C16H23N3S/c1-4-9-17-15-13-11-7-6-8-12(11)20-16(13)19-14(18-15)10(3)5-2/h10H,4-9H2,1-3H3,(H,17,18,19). The summed E-state index contributed by atoms with van der Waals surface area (Å²) in [6.45, 7) is 7.59. The average Bonchev–Trinajstić information content (AvgIpc) is 3.03. The largest absolute Gasteiger partial charge is 0.369 e. The number of rotatable bonds is 5. The van der Waals surface area contributed by atoms with Gasteiger partial charge in [0.2, 0.25) is 0 Å². The predicted molar refractivity (Wildman–Crippen MR) is 86.9 cm³/mol. The van der Waals surface area contributed by atoms with E-state index >= 15 is 0 Å². The van der Waals surface area contributed by atoms with Crippen LogP contribution < -0.4 is 5.32 Å². The zero-order chi connectivity index (χ0) is 14.1. The molecule has 0 aromatic carbocycles. The second kappa shape index (κ2) is 5.68. The molecule has 0 bridgehead atoms. The molecule has 1 atom stereocenters. The van der Waals surface area contributed by atoms with Gasteiger partial charge in [0.1, 0.15) is 16.5 Å². The van der Waals surface area contributed by atoms with Crippen molar-refractivity contribution in [3.05, 3.63) is 16.3 Å². The molecule has 0 radical (unpaired) electrons. The van der Waals surface area contributed by atoms with E-state index in [2.05, 4.69) is 26.1 Å². The number of nitrogens with one attached hydrogen (secondary N) is 1. The summed E-state index contributed by atoms with van der Waals surface area (Å²) in [6, 6.07) is 0. The predicted octanol–water partition coefficient (Wildman–Crippen LogP) is 4.52. The second-order valence-corrected chi connectivity index (χ2v) is 6.79. The van der Waals surface area contributed by atoms with Crippen molar-refractivity contribution in [3.8, 4) is 0 Å². The Hall–Kier alpha value is -1.16. The van der Waals surface area contributed by atoms with Crippen LogP contribution in [0.1, 0.15) is 62.2 Å². The van der Waals surface area contributed by atoms with Crippen molar-refractivity contribution in [2.45, 2.75) is 58.8 Å². The Kier molecular flexibility index (Phi) is 3.92. The number of aryl methyl sites for hydroxylation is 2. The first kappa shape index (κ1) is 13.8. The Morgan fingerprint density at radius 2 is 2.10 bits per heavy atom. The van der Waals surface area contributed by atoms with Gasteiger partial charge in [0.05, 0.1) is 5.39 Å². The highest BCUT2D eigenvalue weighted by Crippen LogP contribution is 2.40. The van der Waals surface area contributed by atoms with Gasteiger partial charge in [-0.1, -0.05) is 20.8 Å². The third-order valence-corrected chi connectivity index (χ3v) is 5.36. The van der Waals surface area contributed by atoms with Crippen LogP contribution in [0.5, 0.6) is 0 Å². The number of anilines is 1. The molecule has 0 saturated heterocycles. The van der Waals surface area contributed by atoms with E-state index in [9.17, 15) is 0 Å². The highest BCUT2D eigenvalue weighted by Gasteiger charge is 2.23. The monoisotopic (exact) mass is 289 g/mol. The van der Waals surface area contributed by atoms with E-state index in [1.165, 1.54) is 39.9 Å². The minimum absolute atomic E-state index is 0.429. The smallest absolute Gasteiger partial charge is 0.138 e. The van der Waals surface area contributed by atoms with Gasteiger partial charge < -0.3 is 5.32 Å². The maximum atomic E-state index is 4.85. The summed E-state index contributed by atoms with van der Waals surface area (Å²) in [5, 5.41) is 4.84. The normalized spacial score (nSPS) is 15.6. The van der Waals surface area contributed by atoms with Gasteiger partial charge in [0.25, 0.3) is 0 Å². The molecule has 2 heterocycles. The lowest BCUT2D eigenvalue weighted by atomic mass is 10.1. The summed E-state index contributed by atoms with van der Waals surface area (Å²) in [5.41, 5.74) is 1.51. The number of hydrogen-bond donors (Lipinski definition) is 1. The van der Waals surface area contributed by atoms with E-state index in [-0.39, 0.29) is 0 Å². The molecule has 2 aromatic heterocycles. The van der Waals surface area contributed by atoms with Gasteiger partial charge in [0.15, 0.2) is 0 Å². The minimum atomic E-state index is 0.429. The Balaban J connectivity index is 2.13. The molecule has 2 aromatic rings. The number of hydrogen-bond acceptors (Lipinski definition) is 4. The number of nitrogens with zero attached hydrogens (tertiary/aromatic N) is 2. The molecule has 108 valence electrons. The molecule has 3 rings (SSSR count). The fourth-order valence-corrected chi connectivity index (χ4v) is 4.05. The number of fused-ring (bicyclic) bond motifs is 3.